The van der Waals surface area contributed by atoms with Crippen LogP contribution < -0.4 is 0 Å². The molecule has 1 aliphatic heterocycles. The first-order chi connectivity index (χ1) is 4.73. The Bertz CT molecular complexity index is 445. The summed E-state index contributed by atoms with van der Waals surface area (Å²) < 4.78 is 0. The first kappa shape index (κ1) is 9.96. The fourth-order valence-corrected chi connectivity index (χ4v) is 212. The molecule has 1 aliphatic rings. The fraction of sp³-hybridized carbons (Fsp3) is 0. The van der Waals surface area contributed by atoms with Crippen LogP contribution in [0.3, 0.4) is 0 Å². The van der Waals surface area contributed by atoms with Gasteiger partial charge in [0.2, 0.25) is 0 Å². The van der Waals surface area contributed by atoms with Crippen LogP contribution in [0.25, 0.3) is 0 Å². The number of rotatable bonds is 1. The Labute approximate surface area is 93.9 Å². The molecular formula is HCl2P8Pd+. The smallest absolute Gasteiger partial charge is 0.0716 e. The zero-order valence-electron chi connectivity index (χ0n) is 4.70. The molecule has 0 spiro atoms. The van der Waals surface area contributed by atoms with Crippen molar-refractivity contribution in [3.05, 3.63) is 0 Å². The van der Waals surface area contributed by atoms with Crippen LogP contribution in [0.4, 0.5) is 0 Å². The topological polar surface area (TPSA) is 0 Å². The molecule has 0 radical (unpaired) electrons. The molecule has 4 heterocycles. The summed E-state index contributed by atoms with van der Waals surface area (Å²) in [6.07, 6.45) is 1.67. The molecule has 64 valence electrons. The first-order valence-electron chi connectivity index (χ1n) is 2.59. The third-order valence-corrected chi connectivity index (χ3v) is 113. The number of hydrogen-bond donors (Lipinski definition) is 0. The molecule has 0 nitrogen and oxygen atoms in total. The van der Waals surface area contributed by atoms with Crippen molar-refractivity contribution in [1.29, 1.82) is 0 Å². The number of hydrogen-bond acceptors (Lipinski definition) is 0. The molecule has 0 saturated carbocycles. The molecule has 0 N–H and O–H groups in total. The van der Waals surface area contributed by atoms with Gasteiger partial charge in [-0.3, -0.25) is 0 Å². The van der Waals surface area contributed by atoms with Gasteiger partial charge >= 0.3 is 5.35 Å². The minimum atomic E-state index is -1.07. The van der Waals surface area contributed by atoms with Gasteiger partial charge in [-0.2, -0.15) is 0 Å². The van der Waals surface area contributed by atoms with E-state index in [-0.39, 0.29) is 20.4 Å². The Morgan fingerprint density at radius 1 is 1.00 bits per heavy atom. The van der Waals surface area contributed by atoms with Gasteiger partial charge in [-0.1, -0.05) is 7.55 Å². The summed E-state index contributed by atoms with van der Waals surface area (Å²) in [7, 11) is 1.53. The molecule has 0 bridgehead atoms. The van der Waals surface area contributed by atoms with Gasteiger partial charge in [-0.25, -0.2) is 0 Å². The van der Waals surface area contributed by atoms with E-state index in [1.807, 2.05) is 0 Å². The van der Waals surface area contributed by atoms with Crippen LogP contribution >= 0.6 is 74.4 Å². The van der Waals surface area contributed by atoms with Crippen LogP contribution in [0.1, 0.15) is 0 Å². The average Bonchev–Trinajstić information content (AvgIpc) is 2.62. The van der Waals surface area contributed by atoms with Gasteiger partial charge in [0.25, 0.3) is 0 Å². The second kappa shape index (κ2) is 2.71. The molecule has 11 heavy (non-hydrogen) atoms. The largest absolute Gasteiger partial charge is 0.316 e. The second-order valence-electron chi connectivity index (χ2n) is 2.21. The van der Waals surface area contributed by atoms with Crippen molar-refractivity contribution in [3.63, 3.8) is 0 Å². The SMILES string of the molecule is Cl[P+]1(Cl)p2p(-p3p4[pH]p34)p21.[Pd]. The van der Waals surface area contributed by atoms with Crippen LogP contribution in [0.5, 0.6) is 0 Å². The summed E-state index contributed by atoms with van der Waals surface area (Å²) in [6.45, 7) is 2.42. The van der Waals surface area contributed by atoms with E-state index in [9.17, 15) is 0 Å². The van der Waals surface area contributed by atoms with Crippen LogP contribution in [0.15, 0.2) is 0 Å². The van der Waals surface area contributed by atoms with Crippen molar-refractivity contribution < 1.29 is 20.4 Å². The van der Waals surface area contributed by atoms with Crippen molar-refractivity contribution in [2.24, 2.45) is 0 Å². The maximum atomic E-state index is 6.15. The average molecular weight is 426 g/mol. The van der Waals surface area contributed by atoms with E-state index in [4.69, 9.17) is 22.5 Å². The molecule has 4 rings (SSSR count). The molecule has 0 aromatic carbocycles. The third-order valence-electron chi connectivity index (χ3n) is 1.64. The van der Waals surface area contributed by atoms with Gasteiger partial charge in [-0.05, 0) is 12.7 Å². The van der Waals surface area contributed by atoms with Crippen LogP contribution in [-0.4, -0.2) is 0 Å². The summed E-state index contributed by atoms with van der Waals surface area (Å²) in [5.41, 5.74) is 0. The maximum Gasteiger partial charge on any atom is 0.316 e. The molecular weight excluding hydrogens is 425 g/mol. The summed E-state index contributed by atoms with van der Waals surface area (Å²) in [4.78, 5) is 0. The van der Waals surface area contributed by atoms with Gasteiger partial charge in [0, 0.05) is 27.0 Å². The zero-order valence-corrected chi connectivity index (χ0v) is 15.0. The molecule has 3 aromatic heterocycles. The Morgan fingerprint density at radius 2 is 1.55 bits per heavy atom. The zero-order chi connectivity index (χ0) is 6.67. The van der Waals surface area contributed by atoms with Gasteiger partial charge in [0.1, 0.15) is 22.5 Å². The molecule has 4 atom stereocenters. The molecule has 3 aromatic rings. The minimum absolute atomic E-state index is 0. The van der Waals surface area contributed by atoms with E-state index in [1.165, 1.54) is 7.55 Å². The van der Waals surface area contributed by atoms with Crippen molar-refractivity contribution in [2.75, 3.05) is 0 Å². The quantitative estimate of drug-likeness (QED) is 0.273. The van der Waals surface area contributed by atoms with E-state index < -0.39 is 5.35 Å². The van der Waals surface area contributed by atoms with Gasteiger partial charge < -0.3 is 0 Å². The summed E-state index contributed by atoms with van der Waals surface area (Å²) in [5.74, 6) is 0. The van der Waals surface area contributed by atoms with E-state index in [0.717, 1.165) is 19.3 Å². The van der Waals surface area contributed by atoms with E-state index in [1.54, 1.807) is 0 Å². The van der Waals surface area contributed by atoms with E-state index in [2.05, 4.69) is 0 Å². The van der Waals surface area contributed by atoms with Crippen LogP contribution in [0.2, 0.25) is 0 Å². The normalized spacial score (nSPS) is 30.4. The van der Waals surface area contributed by atoms with Crippen LogP contribution in [0, 0.1) is 0 Å². The van der Waals surface area contributed by atoms with Gasteiger partial charge in [0.05, 0.1) is 6.58 Å². The molecule has 0 fully saturated rings. The van der Waals surface area contributed by atoms with Gasteiger partial charge in [-0.15, -0.1) is 0 Å². The Kier molecular flexibility index (Phi) is 2.46. The van der Waals surface area contributed by atoms with Crippen molar-refractivity contribution in [1.82, 2.24) is 0 Å². The summed E-state index contributed by atoms with van der Waals surface area (Å²) in [5, 5.41) is -1.07. The second-order valence-corrected chi connectivity index (χ2v) is 59.6. The monoisotopic (exact) mass is 425 g/mol. The summed E-state index contributed by atoms with van der Waals surface area (Å²) in [6, 6.07) is 0. The fourth-order valence-electron chi connectivity index (χ4n) is 0.930. The van der Waals surface area contributed by atoms with E-state index in [0.29, 0.717) is 19.7 Å². The molecule has 0 amide bonds. The van der Waals surface area contributed by atoms with E-state index >= 15 is 0 Å². The maximum absolute atomic E-state index is 6.15. The number of fused-ring (bicyclic) bond motifs is 2. The first-order valence-corrected chi connectivity index (χ1v) is 23.3. The minimum Gasteiger partial charge on any atom is -0.0716 e. The predicted molar refractivity (Wildman–Crippen MR) is 68.5 cm³/mol. The van der Waals surface area contributed by atoms with Crippen LogP contribution in [-0.2, 0) is 20.4 Å². The predicted octanol–water partition coefficient (Wildman–Crippen LogP) is 8.00. The standard InChI is InChI=1S/Cl2HP8.Pd/c1-10(2)8-7(9(8)10)6-4-3-5(4)6;/h3H;/q+1;. The molecule has 4 unspecified atom stereocenters. The molecule has 0 saturated heterocycles. The van der Waals surface area contributed by atoms with Gasteiger partial charge in [0.15, 0.2) is 13.2 Å². The number of halogens is 2. The van der Waals surface area contributed by atoms with Crippen molar-refractivity contribution >= 4 is 74.4 Å². The Balaban J connectivity index is 0.000000422. The molecule has 0 aliphatic carbocycles. The molecule has 11 heteroatoms. The van der Waals surface area contributed by atoms with Crippen molar-refractivity contribution in [3.8, 4) is 0 Å². The van der Waals surface area contributed by atoms with Crippen molar-refractivity contribution in [2.45, 2.75) is 0 Å². The Hall–Kier alpha value is 3.77. The Morgan fingerprint density at radius 3 is 1.82 bits per heavy atom. The third kappa shape index (κ3) is 1.21. The summed E-state index contributed by atoms with van der Waals surface area (Å²) >= 11 is 12.3.